The molecule has 0 bridgehead atoms. The lowest BCUT2D eigenvalue weighted by molar-refractivity contribution is -0.137. The van der Waals surface area contributed by atoms with E-state index in [0.29, 0.717) is 17.1 Å². The second-order valence-electron chi connectivity index (χ2n) is 5.92. The van der Waals surface area contributed by atoms with Crippen LogP contribution in [-0.4, -0.2) is 12.5 Å². The third-order valence-corrected chi connectivity index (χ3v) is 3.78. The Balaban J connectivity index is 1.49. The first kappa shape index (κ1) is 19.3. The van der Waals surface area contributed by atoms with Gasteiger partial charge in [0.15, 0.2) is 0 Å². The molecule has 144 valence electrons. The summed E-state index contributed by atoms with van der Waals surface area (Å²) >= 11 is 0. The molecule has 0 aliphatic heterocycles. The van der Waals surface area contributed by atoms with Crippen LogP contribution in [-0.2, 0) is 11.0 Å². The molecule has 0 unspecified atom stereocenters. The molecule has 28 heavy (non-hydrogen) atoms. The number of halogens is 3. The second kappa shape index (κ2) is 8.47. The molecule has 3 aromatic carbocycles. The van der Waals surface area contributed by atoms with Gasteiger partial charge in [-0.25, -0.2) is 0 Å². The highest BCUT2D eigenvalue weighted by Crippen LogP contribution is 2.29. The second-order valence-corrected chi connectivity index (χ2v) is 5.92. The molecular weight excluding hydrogens is 369 g/mol. The molecule has 0 spiro atoms. The van der Waals surface area contributed by atoms with E-state index in [1.165, 1.54) is 12.1 Å². The first-order valence-electron chi connectivity index (χ1n) is 8.44. The number of alkyl halides is 3. The van der Waals surface area contributed by atoms with E-state index in [2.05, 4.69) is 10.6 Å². The van der Waals surface area contributed by atoms with Crippen molar-refractivity contribution in [2.45, 2.75) is 6.18 Å². The van der Waals surface area contributed by atoms with Crippen molar-refractivity contribution in [2.75, 3.05) is 17.2 Å². The molecule has 3 rings (SSSR count). The van der Waals surface area contributed by atoms with Gasteiger partial charge in [-0.15, -0.1) is 0 Å². The minimum Gasteiger partial charge on any atom is -0.457 e. The van der Waals surface area contributed by atoms with E-state index in [9.17, 15) is 18.0 Å². The molecule has 0 aromatic heterocycles. The third kappa shape index (κ3) is 5.51. The van der Waals surface area contributed by atoms with Crippen LogP contribution in [0.5, 0.6) is 11.5 Å². The van der Waals surface area contributed by atoms with Gasteiger partial charge in [-0.1, -0.05) is 18.2 Å². The molecule has 0 aliphatic rings. The topological polar surface area (TPSA) is 50.4 Å². The van der Waals surface area contributed by atoms with Crippen LogP contribution < -0.4 is 15.4 Å². The summed E-state index contributed by atoms with van der Waals surface area (Å²) in [5.74, 6) is 1.01. The van der Waals surface area contributed by atoms with E-state index in [1.54, 1.807) is 24.3 Å². The molecular formula is C21H17F3N2O2. The van der Waals surface area contributed by atoms with Crippen LogP contribution in [0.4, 0.5) is 24.5 Å². The predicted molar refractivity (Wildman–Crippen MR) is 102 cm³/mol. The van der Waals surface area contributed by atoms with Gasteiger partial charge in [0.2, 0.25) is 5.91 Å². The fraction of sp³-hybridized carbons (Fsp3) is 0.0952. The predicted octanol–water partition coefficient (Wildman–Crippen LogP) is 5.55. The highest BCUT2D eigenvalue weighted by molar-refractivity contribution is 5.93. The quantitative estimate of drug-likeness (QED) is 0.584. The number of hydrogen-bond acceptors (Lipinski definition) is 3. The molecule has 7 heteroatoms. The highest BCUT2D eigenvalue weighted by Gasteiger charge is 2.29. The summed E-state index contributed by atoms with van der Waals surface area (Å²) in [5.41, 5.74) is 0.246. The fourth-order valence-electron chi connectivity index (χ4n) is 2.40. The Bertz CT molecular complexity index is 909. The summed E-state index contributed by atoms with van der Waals surface area (Å²) in [7, 11) is 0. The number of anilines is 2. The number of hydrogen-bond donors (Lipinski definition) is 2. The average molecular weight is 386 g/mol. The molecule has 0 saturated heterocycles. The van der Waals surface area contributed by atoms with Crippen molar-refractivity contribution in [1.82, 2.24) is 0 Å². The monoisotopic (exact) mass is 386 g/mol. The Morgan fingerprint density at radius 1 is 0.786 bits per heavy atom. The Kier molecular flexibility index (Phi) is 5.84. The Hall–Kier alpha value is -3.48. The summed E-state index contributed by atoms with van der Waals surface area (Å²) in [5, 5.41) is 5.49. The van der Waals surface area contributed by atoms with Crippen molar-refractivity contribution >= 4 is 17.3 Å². The number of para-hydroxylation sites is 1. The summed E-state index contributed by atoms with van der Waals surface area (Å²) < 4.78 is 43.3. The summed E-state index contributed by atoms with van der Waals surface area (Å²) in [6, 6.07) is 20.7. The maximum Gasteiger partial charge on any atom is 0.416 e. The van der Waals surface area contributed by atoms with Crippen LogP contribution >= 0.6 is 0 Å². The molecule has 4 nitrogen and oxygen atoms in total. The first-order valence-corrected chi connectivity index (χ1v) is 8.44. The molecule has 3 aromatic rings. The lowest BCUT2D eigenvalue weighted by atomic mass is 10.2. The smallest absolute Gasteiger partial charge is 0.416 e. The van der Waals surface area contributed by atoms with Gasteiger partial charge >= 0.3 is 6.18 Å². The van der Waals surface area contributed by atoms with Crippen LogP contribution in [0, 0.1) is 0 Å². The Morgan fingerprint density at radius 2 is 1.36 bits per heavy atom. The van der Waals surface area contributed by atoms with Crippen LogP contribution in [0.3, 0.4) is 0 Å². The number of ether oxygens (including phenoxy) is 1. The van der Waals surface area contributed by atoms with Gasteiger partial charge in [0, 0.05) is 11.4 Å². The first-order chi connectivity index (χ1) is 13.4. The zero-order valence-electron chi connectivity index (χ0n) is 14.7. The zero-order chi connectivity index (χ0) is 20.0. The summed E-state index contributed by atoms with van der Waals surface area (Å²) in [4.78, 5) is 12.0. The van der Waals surface area contributed by atoms with Crippen molar-refractivity contribution in [3.63, 3.8) is 0 Å². The van der Waals surface area contributed by atoms with E-state index in [4.69, 9.17) is 4.74 Å². The lowest BCUT2D eigenvalue weighted by Gasteiger charge is -2.10. The van der Waals surface area contributed by atoms with Gasteiger partial charge in [-0.3, -0.25) is 4.79 Å². The summed E-state index contributed by atoms with van der Waals surface area (Å²) in [6.45, 7) is -0.0279. The standard InChI is InChI=1S/C21H17F3N2O2/c22-21(23,24)15-6-8-17(9-7-15)26-20(27)14-25-16-10-12-19(13-11-16)28-18-4-2-1-3-5-18/h1-13,25H,14H2,(H,26,27). The largest absolute Gasteiger partial charge is 0.457 e. The molecule has 0 saturated carbocycles. The molecule has 0 aliphatic carbocycles. The van der Waals surface area contributed by atoms with E-state index in [0.717, 1.165) is 17.9 Å². The van der Waals surface area contributed by atoms with Crippen LogP contribution in [0.15, 0.2) is 78.9 Å². The highest BCUT2D eigenvalue weighted by atomic mass is 19.4. The van der Waals surface area contributed by atoms with E-state index >= 15 is 0 Å². The van der Waals surface area contributed by atoms with E-state index in [1.807, 2.05) is 30.3 Å². The SMILES string of the molecule is O=C(CNc1ccc(Oc2ccccc2)cc1)Nc1ccc(C(F)(F)F)cc1. The van der Waals surface area contributed by atoms with Gasteiger partial charge in [-0.05, 0) is 60.7 Å². The molecule has 0 heterocycles. The maximum absolute atomic E-state index is 12.5. The van der Waals surface area contributed by atoms with Crippen LogP contribution in [0.25, 0.3) is 0 Å². The number of amides is 1. The minimum absolute atomic E-state index is 0.0279. The Labute approximate surface area is 160 Å². The summed E-state index contributed by atoms with van der Waals surface area (Å²) in [6.07, 6.45) is -4.40. The maximum atomic E-state index is 12.5. The van der Waals surface area contributed by atoms with Crippen LogP contribution in [0.2, 0.25) is 0 Å². The number of carbonyl (C=O) groups excluding carboxylic acids is 1. The molecule has 0 atom stereocenters. The lowest BCUT2D eigenvalue weighted by Crippen LogP contribution is -2.21. The van der Waals surface area contributed by atoms with E-state index in [-0.39, 0.29) is 12.5 Å². The van der Waals surface area contributed by atoms with Crippen molar-refractivity contribution in [3.8, 4) is 11.5 Å². The number of benzene rings is 3. The van der Waals surface area contributed by atoms with Gasteiger partial charge in [0.05, 0.1) is 12.1 Å². The van der Waals surface area contributed by atoms with Crippen molar-refractivity contribution in [2.24, 2.45) is 0 Å². The normalized spacial score (nSPS) is 11.0. The molecule has 1 amide bonds. The Morgan fingerprint density at radius 3 is 1.96 bits per heavy atom. The molecule has 0 fully saturated rings. The van der Waals surface area contributed by atoms with Crippen molar-refractivity contribution < 1.29 is 22.7 Å². The van der Waals surface area contributed by atoms with Crippen LogP contribution in [0.1, 0.15) is 5.56 Å². The van der Waals surface area contributed by atoms with Crippen molar-refractivity contribution in [1.29, 1.82) is 0 Å². The fourth-order valence-corrected chi connectivity index (χ4v) is 2.40. The zero-order valence-corrected chi connectivity index (χ0v) is 14.7. The van der Waals surface area contributed by atoms with Crippen molar-refractivity contribution in [3.05, 3.63) is 84.4 Å². The average Bonchev–Trinajstić information content (AvgIpc) is 2.68. The number of rotatable bonds is 6. The van der Waals surface area contributed by atoms with Gasteiger partial charge < -0.3 is 15.4 Å². The number of carbonyl (C=O) groups is 1. The molecule has 2 N–H and O–H groups in total. The third-order valence-electron chi connectivity index (χ3n) is 3.78. The minimum atomic E-state index is -4.40. The van der Waals surface area contributed by atoms with Gasteiger partial charge in [0.1, 0.15) is 11.5 Å². The number of nitrogens with one attached hydrogen (secondary N) is 2. The molecule has 0 radical (unpaired) electrons. The van der Waals surface area contributed by atoms with Gasteiger partial charge in [0.25, 0.3) is 0 Å². The van der Waals surface area contributed by atoms with Gasteiger partial charge in [-0.2, -0.15) is 13.2 Å². The van der Waals surface area contributed by atoms with E-state index < -0.39 is 11.7 Å².